The van der Waals surface area contributed by atoms with Crippen LogP contribution in [-0.2, 0) is 10.9 Å². The van der Waals surface area contributed by atoms with Gasteiger partial charge in [0.05, 0.1) is 12.7 Å². The molecule has 0 aliphatic carbocycles. The predicted molar refractivity (Wildman–Crippen MR) is 48.3 cm³/mol. The lowest BCUT2D eigenvalue weighted by Crippen LogP contribution is -2.16. The van der Waals surface area contributed by atoms with Crippen LogP contribution in [0.25, 0.3) is 0 Å². The van der Waals surface area contributed by atoms with Crippen molar-refractivity contribution >= 4 is 21.9 Å². The van der Waals surface area contributed by atoms with Crippen molar-refractivity contribution in [2.24, 2.45) is 0 Å². The molecule has 15 heavy (non-hydrogen) atoms. The van der Waals surface area contributed by atoms with Gasteiger partial charge in [0, 0.05) is 0 Å². The third kappa shape index (κ3) is 2.68. The number of halogens is 4. The lowest BCUT2D eigenvalue weighted by Gasteiger charge is -2.10. The largest absolute Gasteiger partial charge is 0.465 e. The third-order valence-corrected chi connectivity index (χ3v) is 1.98. The normalized spacial score (nSPS) is 11.3. The Hall–Kier alpha value is -1.11. The second kappa shape index (κ2) is 4.18. The molecule has 0 fully saturated rings. The minimum atomic E-state index is -4.69. The molecule has 0 aromatic carbocycles. The Kier molecular flexibility index (Phi) is 3.33. The summed E-state index contributed by atoms with van der Waals surface area (Å²) in [6.45, 7) is 0. The molecule has 0 spiro atoms. The molecule has 0 amide bonds. The molecule has 0 bridgehead atoms. The van der Waals surface area contributed by atoms with Gasteiger partial charge in [0.1, 0.15) is 4.60 Å². The zero-order chi connectivity index (χ0) is 11.6. The molecule has 1 aromatic rings. The Bertz CT molecular complexity index is 392. The van der Waals surface area contributed by atoms with E-state index in [1.54, 1.807) is 0 Å². The molecule has 1 aromatic heterocycles. The molecule has 1 rings (SSSR count). The molecular formula is C8H5BrF3NO2. The van der Waals surface area contributed by atoms with Gasteiger partial charge in [-0.1, -0.05) is 0 Å². The lowest BCUT2D eigenvalue weighted by molar-refractivity contribution is -0.141. The third-order valence-electron chi connectivity index (χ3n) is 1.54. The maximum atomic E-state index is 12.4. The van der Waals surface area contributed by atoms with E-state index in [0.29, 0.717) is 0 Å². The highest BCUT2D eigenvalue weighted by molar-refractivity contribution is 9.10. The van der Waals surface area contributed by atoms with Gasteiger partial charge in [-0.2, -0.15) is 13.2 Å². The SMILES string of the molecule is COC(=O)c1ccc(Br)nc1C(F)(F)F. The van der Waals surface area contributed by atoms with E-state index in [4.69, 9.17) is 0 Å². The molecular weight excluding hydrogens is 279 g/mol. The number of carbonyl (C=O) groups is 1. The topological polar surface area (TPSA) is 39.2 Å². The number of hydrogen-bond acceptors (Lipinski definition) is 3. The van der Waals surface area contributed by atoms with Gasteiger partial charge in [0.25, 0.3) is 0 Å². The van der Waals surface area contributed by atoms with Crippen LogP contribution in [0.3, 0.4) is 0 Å². The average Bonchev–Trinajstić information content (AvgIpc) is 2.15. The first-order valence-corrected chi connectivity index (χ1v) is 4.47. The summed E-state index contributed by atoms with van der Waals surface area (Å²) in [5.41, 5.74) is -1.86. The summed E-state index contributed by atoms with van der Waals surface area (Å²) in [5, 5.41) is 0. The van der Waals surface area contributed by atoms with Crippen molar-refractivity contribution in [2.75, 3.05) is 7.11 Å². The highest BCUT2D eigenvalue weighted by Gasteiger charge is 2.37. The molecule has 0 aliphatic rings. The maximum absolute atomic E-state index is 12.4. The number of rotatable bonds is 1. The Morgan fingerprint density at radius 3 is 2.53 bits per heavy atom. The van der Waals surface area contributed by atoms with Gasteiger partial charge < -0.3 is 4.74 Å². The van der Waals surface area contributed by atoms with Crippen LogP contribution in [0.5, 0.6) is 0 Å². The summed E-state index contributed by atoms with van der Waals surface area (Å²) in [6, 6.07) is 2.24. The fourth-order valence-electron chi connectivity index (χ4n) is 0.926. The van der Waals surface area contributed by atoms with E-state index < -0.39 is 23.4 Å². The van der Waals surface area contributed by atoms with E-state index in [1.807, 2.05) is 0 Å². The van der Waals surface area contributed by atoms with E-state index >= 15 is 0 Å². The van der Waals surface area contributed by atoms with Crippen LogP contribution in [-0.4, -0.2) is 18.1 Å². The van der Waals surface area contributed by atoms with Crippen molar-refractivity contribution in [1.82, 2.24) is 4.98 Å². The molecule has 0 atom stereocenters. The van der Waals surface area contributed by atoms with E-state index in [0.717, 1.165) is 13.2 Å². The summed E-state index contributed by atoms with van der Waals surface area (Å²) in [5.74, 6) is -1.07. The van der Waals surface area contributed by atoms with Crippen molar-refractivity contribution in [2.45, 2.75) is 6.18 Å². The van der Waals surface area contributed by atoms with Gasteiger partial charge in [-0.25, -0.2) is 9.78 Å². The molecule has 0 radical (unpaired) electrons. The van der Waals surface area contributed by atoms with E-state index in [1.165, 1.54) is 6.07 Å². The van der Waals surface area contributed by atoms with Gasteiger partial charge in [0.15, 0.2) is 5.69 Å². The number of carbonyl (C=O) groups excluding carboxylic acids is 1. The smallest absolute Gasteiger partial charge is 0.434 e. The second-order valence-corrected chi connectivity index (χ2v) is 3.33. The van der Waals surface area contributed by atoms with Crippen LogP contribution >= 0.6 is 15.9 Å². The number of alkyl halides is 3. The van der Waals surface area contributed by atoms with Crippen LogP contribution in [0.1, 0.15) is 16.1 Å². The van der Waals surface area contributed by atoms with Crippen molar-refractivity contribution in [1.29, 1.82) is 0 Å². The van der Waals surface area contributed by atoms with Crippen LogP contribution in [0.4, 0.5) is 13.2 Å². The summed E-state index contributed by atoms with van der Waals surface area (Å²) in [4.78, 5) is 14.2. The summed E-state index contributed by atoms with van der Waals surface area (Å²) >= 11 is 2.80. The van der Waals surface area contributed by atoms with Crippen LogP contribution in [0, 0.1) is 0 Å². The number of methoxy groups -OCH3 is 1. The van der Waals surface area contributed by atoms with Gasteiger partial charge in [-0.3, -0.25) is 0 Å². The maximum Gasteiger partial charge on any atom is 0.434 e. The van der Waals surface area contributed by atoms with E-state index in [9.17, 15) is 18.0 Å². The molecule has 0 unspecified atom stereocenters. The van der Waals surface area contributed by atoms with E-state index in [2.05, 4.69) is 25.7 Å². The molecule has 1 heterocycles. The number of esters is 1. The number of pyridine rings is 1. The summed E-state index contributed by atoms with van der Waals surface area (Å²) in [7, 11) is 1.00. The number of ether oxygens (including phenoxy) is 1. The highest BCUT2D eigenvalue weighted by Crippen LogP contribution is 2.31. The Labute approximate surface area is 91.4 Å². The molecule has 0 saturated carbocycles. The first-order valence-electron chi connectivity index (χ1n) is 3.68. The van der Waals surface area contributed by atoms with Crippen molar-refractivity contribution < 1.29 is 22.7 Å². The van der Waals surface area contributed by atoms with Crippen LogP contribution < -0.4 is 0 Å². The predicted octanol–water partition coefficient (Wildman–Crippen LogP) is 2.65. The van der Waals surface area contributed by atoms with Crippen molar-refractivity contribution in [3.8, 4) is 0 Å². The fourth-order valence-corrected chi connectivity index (χ4v) is 1.24. The Balaban J connectivity index is 3.33. The quantitative estimate of drug-likeness (QED) is 0.588. The Morgan fingerprint density at radius 2 is 2.07 bits per heavy atom. The lowest BCUT2D eigenvalue weighted by atomic mass is 10.2. The zero-order valence-corrected chi connectivity index (χ0v) is 9.02. The molecule has 7 heteroatoms. The van der Waals surface area contributed by atoms with Gasteiger partial charge in [-0.05, 0) is 28.1 Å². The molecule has 82 valence electrons. The molecule has 0 aliphatic heterocycles. The zero-order valence-electron chi connectivity index (χ0n) is 7.43. The summed E-state index contributed by atoms with van der Waals surface area (Å²) < 4.78 is 41.5. The first-order chi connectivity index (χ1) is 6.86. The monoisotopic (exact) mass is 283 g/mol. The van der Waals surface area contributed by atoms with Gasteiger partial charge >= 0.3 is 12.1 Å². The standard InChI is InChI=1S/C8H5BrF3NO2/c1-15-7(14)4-2-3-5(9)13-6(4)8(10,11)12/h2-3H,1H3. The van der Waals surface area contributed by atoms with Gasteiger partial charge in [-0.15, -0.1) is 0 Å². The second-order valence-electron chi connectivity index (χ2n) is 2.52. The fraction of sp³-hybridized carbons (Fsp3) is 0.250. The number of nitrogens with zero attached hydrogens (tertiary/aromatic N) is 1. The molecule has 0 N–H and O–H groups in total. The minimum absolute atomic E-state index is 0.00229. The van der Waals surface area contributed by atoms with Crippen LogP contribution in [0.2, 0.25) is 0 Å². The van der Waals surface area contributed by atoms with Crippen molar-refractivity contribution in [3.05, 3.63) is 28.0 Å². The highest BCUT2D eigenvalue weighted by atomic mass is 79.9. The van der Waals surface area contributed by atoms with Crippen LogP contribution in [0.15, 0.2) is 16.7 Å². The molecule has 3 nitrogen and oxygen atoms in total. The average molecular weight is 284 g/mol. The summed E-state index contributed by atoms with van der Waals surface area (Å²) in [6.07, 6.45) is -4.69. The number of aromatic nitrogens is 1. The Morgan fingerprint density at radius 1 is 1.47 bits per heavy atom. The van der Waals surface area contributed by atoms with Gasteiger partial charge in [0.2, 0.25) is 0 Å². The van der Waals surface area contributed by atoms with Crippen molar-refractivity contribution in [3.63, 3.8) is 0 Å². The minimum Gasteiger partial charge on any atom is -0.465 e. The first kappa shape index (κ1) is 12.0. The molecule has 0 saturated heterocycles. The van der Waals surface area contributed by atoms with E-state index in [-0.39, 0.29) is 4.60 Å². The number of hydrogen-bond donors (Lipinski definition) is 0.